The summed E-state index contributed by atoms with van der Waals surface area (Å²) in [5.74, 6) is -0.0217. The van der Waals surface area contributed by atoms with Gasteiger partial charge in [-0.15, -0.1) is 0 Å². The number of hydrogen-bond acceptors (Lipinski definition) is 5. The Kier molecular flexibility index (Phi) is 5.47. The molecule has 1 amide bonds. The molecule has 0 spiro atoms. The van der Waals surface area contributed by atoms with Crippen LogP contribution < -0.4 is 0 Å². The highest BCUT2D eigenvalue weighted by atomic mass is 16.5. The first-order valence-corrected chi connectivity index (χ1v) is 7.73. The Morgan fingerprint density at radius 1 is 1.32 bits per heavy atom. The Morgan fingerprint density at radius 2 is 2.00 bits per heavy atom. The number of rotatable bonds is 5. The lowest BCUT2D eigenvalue weighted by molar-refractivity contribution is 0.0251. The van der Waals surface area contributed by atoms with Crippen LogP contribution in [0.2, 0.25) is 0 Å². The van der Waals surface area contributed by atoms with Crippen LogP contribution in [0.1, 0.15) is 35.4 Å². The van der Waals surface area contributed by atoms with Gasteiger partial charge in [0.1, 0.15) is 5.69 Å². The maximum absolute atomic E-state index is 12.5. The van der Waals surface area contributed by atoms with Crippen LogP contribution in [0, 0.1) is 6.92 Å². The van der Waals surface area contributed by atoms with E-state index in [-0.39, 0.29) is 11.4 Å². The SMILES string of the molecule is COCCC1(N(C)C)CCN(C(=O)c2cnc(C)cn2)CC1. The molecular weight excluding hydrogens is 280 g/mol. The molecular formula is C16H26N4O2. The van der Waals surface area contributed by atoms with Crippen LogP contribution in [0.4, 0.5) is 0 Å². The van der Waals surface area contributed by atoms with E-state index < -0.39 is 0 Å². The van der Waals surface area contributed by atoms with E-state index in [0.717, 1.165) is 44.7 Å². The molecule has 0 saturated carbocycles. The number of carbonyl (C=O) groups is 1. The van der Waals surface area contributed by atoms with Gasteiger partial charge in [0.05, 0.1) is 11.9 Å². The summed E-state index contributed by atoms with van der Waals surface area (Å²) >= 11 is 0. The summed E-state index contributed by atoms with van der Waals surface area (Å²) in [6.07, 6.45) is 6.10. The van der Waals surface area contributed by atoms with E-state index >= 15 is 0 Å². The summed E-state index contributed by atoms with van der Waals surface area (Å²) in [6, 6.07) is 0. The molecule has 0 aromatic carbocycles. The molecule has 1 aromatic heterocycles. The van der Waals surface area contributed by atoms with Crippen molar-refractivity contribution in [3.8, 4) is 0 Å². The van der Waals surface area contributed by atoms with Crippen LogP contribution >= 0.6 is 0 Å². The summed E-state index contributed by atoms with van der Waals surface area (Å²) in [7, 11) is 5.95. The van der Waals surface area contributed by atoms with Gasteiger partial charge < -0.3 is 14.5 Å². The van der Waals surface area contributed by atoms with E-state index in [2.05, 4.69) is 29.0 Å². The minimum absolute atomic E-state index is 0.0217. The van der Waals surface area contributed by atoms with Crippen molar-refractivity contribution in [2.45, 2.75) is 31.7 Å². The fourth-order valence-electron chi connectivity index (χ4n) is 3.00. The smallest absolute Gasteiger partial charge is 0.274 e. The Labute approximate surface area is 132 Å². The average molecular weight is 306 g/mol. The third-order valence-electron chi connectivity index (χ3n) is 4.70. The number of piperidine rings is 1. The van der Waals surface area contributed by atoms with Crippen LogP contribution in [0.5, 0.6) is 0 Å². The molecule has 0 N–H and O–H groups in total. The molecule has 6 heteroatoms. The number of nitrogens with zero attached hydrogens (tertiary/aromatic N) is 4. The quantitative estimate of drug-likeness (QED) is 0.822. The lowest BCUT2D eigenvalue weighted by Gasteiger charge is -2.46. The molecule has 22 heavy (non-hydrogen) atoms. The second-order valence-corrected chi connectivity index (χ2v) is 6.20. The number of carbonyl (C=O) groups excluding carboxylic acids is 1. The third-order valence-corrected chi connectivity index (χ3v) is 4.70. The van der Waals surface area contributed by atoms with Gasteiger partial charge in [-0.2, -0.15) is 0 Å². The summed E-state index contributed by atoms with van der Waals surface area (Å²) in [6.45, 7) is 4.10. The van der Waals surface area contributed by atoms with Gasteiger partial charge in [-0.25, -0.2) is 4.98 Å². The fourth-order valence-corrected chi connectivity index (χ4v) is 3.00. The number of methoxy groups -OCH3 is 1. The number of amides is 1. The van der Waals surface area contributed by atoms with Crippen LogP contribution in [-0.4, -0.2) is 72.1 Å². The van der Waals surface area contributed by atoms with Crippen LogP contribution in [-0.2, 0) is 4.74 Å². The Balaban J connectivity index is 2.01. The monoisotopic (exact) mass is 306 g/mol. The van der Waals surface area contributed by atoms with E-state index in [4.69, 9.17) is 4.74 Å². The predicted octanol–water partition coefficient (Wildman–Crippen LogP) is 1.36. The summed E-state index contributed by atoms with van der Waals surface area (Å²) in [5.41, 5.74) is 1.37. The van der Waals surface area contributed by atoms with Crippen molar-refractivity contribution in [2.24, 2.45) is 0 Å². The average Bonchev–Trinajstić information content (AvgIpc) is 2.53. The summed E-state index contributed by atoms with van der Waals surface area (Å²) < 4.78 is 5.25. The zero-order valence-corrected chi connectivity index (χ0v) is 14.0. The number of hydrogen-bond donors (Lipinski definition) is 0. The second-order valence-electron chi connectivity index (χ2n) is 6.20. The fraction of sp³-hybridized carbons (Fsp3) is 0.688. The van der Waals surface area contributed by atoms with Gasteiger partial charge in [-0.1, -0.05) is 0 Å². The van der Waals surface area contributed by atoms with E-state index in [0.29, 0.717) is 5.69 Å². The van der Waals surface area contributed by atoms with Crippen molar-refractivity contribution in [3.05, 3.63) is 23.8 Å². The molecule has 122 valence electrons. The van der Waals surface area contributed by atoms with E-state index in [9.17, 15) is 4.79 Å². The molecule has 0 unspecified atom stereocenters. The topological polar surface area (TPSA) is 58.6 Å². The van der Waals surface area contributed by atoms with Gasteiger partial charge in [-0.05, 0) is 40.3 Å². The molecule has 0 radical (unpaired) electrons. The highest BCUT2D eigenvalue weighted by molar-refractivity contribution is 5.92. The largest absolute Gasteiger partial charge is 0.385 e. The molecule has 1 saturated heterocycles. The maximum atomic E-state index is 12.5. The Hall–Kier alpha value is -1.53. The lowest BCUT2D eigenvalue weighted by Crippen LogP contribution is -2.54. The van der Waals surface area contributed by atoms with E-state index in [1.807, 2.05) is 11.8 Å². The summed E-state index contributed by atoms with van der Waals surface area (Å²) in [5, 5.41) is 0. The Bertz CT molecular complexity index is 493. The lowest BCUT2D eigenvalue weighted by atomic mass is 9.83. The number of aromatic nitrogens is 2. The van der Waals surface area contributed by atoms with Gasteiger partial charge >= 0.3 is 0 Å². The van der Waals surface area contributed by atoms with Gasteiger partial charge in [0, 0.05) is 38.5 Å². The minimum atomic E-state index is -0.0217. The Morgan fingerprint density at radius 3 is 2.50 bits per heavy atom. The first kappa shape index (κ1) is 16.8. The highest BCUT2D eigenvalue weighted by Gasteiger charge is 2.37. The molecule has 1 aliphatic rings. The normalized spacial score (nSPS) is 17.8. The van der Waals surface area contributed by atoms with Gasteiger partial charge in [0.15, 0.2) is 0 Å². The maximum Gasteiger partial charge on any atom is 0.274 e. The van der Waals surface area contributed by atoms with Crippen LogP contribution in [0.3, 0.4) is 0 Å². The standard InChI is InChI=1S/C16H26N4O2/c1-13-11-18-14(12-17-13)15(21)20-8-5-16(6-9-20,19(2)3)7-10-22-4/h11-12H,5-10H2,1-4H3. The second kappa shape index (κ2) is 7.15. The number of aryl methyl sites for hydroxylation is 1. The molecule has 1 aromatic rings. The highest BCUT2D eigenvalue weighted by Crippen LogP contribution is 2.31. The van der Waals surface area contributed by atoms with Crippen LogP contribution in [0.15, 0.2) is 12.4 Å². The number of likely N-dealkylation sites (tertiary alicyclic amines) is 1. The van der Waals surface area contributed by atoms with Crippen molar-refractivity contribution < 1.29 is 9.53 Å². The molecule has 2 rings (SSSR count). The molecule has 0 aliphatic carbocycles. The zero-order valence-electron chi connectivity index (χ0n) is 14.0. The molecule has 0 bridgehead atoms. The van der Waals surface area contributed by atoms with Crippen LogP contribution in [0.25, 0.3) is 0 Å². The molecule has 6 nitrogen and oxygen atoms in total. The van der Waals surface area contributed by atoms with Crippen molar-refractivity contribution in [1.82, 2.24) is 19.8 Å². The van der Waals surface area contributed by atoms with Gasteiger partial charge in [0.2, 0.25) is 0 Å². The molecule has 1 aliphatic heterocycles. The van der Waals surface area contributed by atoms with Crippen molar-refractivity contribution in [1.29, 1.82) is 0 Å². The van der Waals surface area contributed by atoms with E-state index in [1.165, 1.54) is 0 Å². The first-order valence-electron chi connectivity index (χ1n) is 7.73. The molecule has 2 heterocycles. The van der Waals surface area contributed by atoms with Gasteiger partial charge in [0.25, 0.3) is 5.91 Å². The zero-order chi connectivity index (χ0) is 16.2. The predicted molar refractivity (Wildman–Crippen MR) is 84.8 cm³/mol. The van der Waals surface area contributed by atoms with Crippen molar-refractivity contribution in [2.75, 3.05) is 40.9 Å². The first-order chi connectivity index (χ1) is 10.5. The third kappa shape index (κ3) is 3.62. The minimum Gasteiger partial charge on any atom is -0.385 e. The molecule has 1 fully saturated rings. The van der Waals surface area contributed by atoms with Gasteiger partial charge in [-0.3, -0.25) is 9.78 Å². The summed E-state index contributed by atoms with van der Waals surface area (Å²) in [4.78, 5) is 25.0. The molecule has 0 atom stereocenters. The van der Waals surface area contributed by atoms with Crippen molar-refractivity contribution in [3.63, 3.8) is 0 Å². The number of ether oxygens (including phenoxy) is 1. The van der Waals surface area contributed by atoms with Crippen molar-refractivity contribution >= 4 is 5.91 Å². The van der Waals surface area contributed by atoms with E-state index in [1.54, 1.807) is 19.5 Å².